The highest BCUT2D eigenvalue weighted by molar-refractivity contribution is 5.99. The second-order valence-corrected chi connectivity index (χ2v) is 9.40. The molecule has 1 aromatic rings. The third kappa shape index (κ3) is 1.64. The summed E-state index contributed by atoms with van der Waals surface area (Å²) >= 11 is 0. The largest absolute Gasteiger partial charge is 0.495 e. The fourth-order valence-corrected chi connectivity index (χ4v) is 7.94. The number of hydrogen-bond donors (Lipinski definition) is 2. The van der Waals surface area contributed by atoms with Crippen LogP contribution in [0.1, 0.15) is 31.2 Å². The molecule has 4 bridgehead atoms. The van der Waals surface area contributed by atoms with Crippen LogP contribution in [0.5, 0.6) is 5.75 Å². The summed E-state index contributed by atoms with van der Waals surface area (Å²) < 4.78 is 11.0. The van der Waals surface area contributed by atoms with E-state index in [4.69, 9.17) is 9.47 Å². The van der Waals surface area contributed by atoms with E-state index < -0.39 is 22.5 Å². The van der Waals surface area contributed by atoms with E-state index >= 15 is 0 Å². The van der Waals surface area contributed by atoms with Gasteiger partial charge in [0.05, 0.1) is 31.4 Å². The molecule has 1 aromatic carbocycles. The molecular formula is C22H26N2O5. The quantitative estimate of drug-likeness (QED) is 0.721. The molecule has 29 heavy (non-hydrogen) atoms. The predicted octanol–water partition coefficient (Wildman–Crippen LogP) is 1.09. The molecule has 0 amide bonds. The summed E-state index contributed by atoms with van der Waals surface area (Å²) in [7, 11) is 3.03. The van der Waals surface area contributed by atoms with Crippen molar-refractivity contribution in [1.82, 2.24) is 4.90 Å². The number of anilines is 1. The molecule has 7 nitrogen and oxygen atoms in total. The van der Waals surface area contributed by atoms with E-state index in [2.05, 4.69) is 10.2 Å². The maximum atomic E-state index is 13.6. The van der Waals surface area contributed by atoms with Crippen molar-refractivity contribution in [2.24, 2.45) is 11.3 Å². The van der Waals surface area contributed by atoms with Gasteiger partial charge in [0.25, 0.3) is 0 Å². The lowest BCUT2D eigenvalue weighted by Gasteiger charge is -2.65. The third-order valence-corrected chi connectivity index (χ3v) is 8.79. The number of aliphatic hydroxyl groups is 1. The summed E-state index contributed by atoms with van der Waals surface area (Å²) in [5, 5.41) is 14.7. The molecule has 2 saturated heterocycles. The van der Waals surface area contributed by atoms with Gasteiger partial charge in [-0.1, -0.05) is 12.1 Å². The summed E-state index contributed by atoms with van der Waals surface area (Å²) in [6, 6.07) is 5.77. The summed E-state index contributed by atoms with van der Waals surface area (Å²) in [5.41, 5.74) is -0.534. The molecule has 154 valence electrons. The highest BCUT2D eigenvalue weighted by Gasteiger charge is 2.83. The molecule has 6 rings (SSSR count). The highest BCUT2D eigenvalue weighted by Crippen LogP contribution is 2.73. The van der Waals surface area contributed by atoms with Crippen molar-refractivity contribution < 1.29 is 24.2 Å². The molecule has 0 radical (unpaired) electrons. The minimum atomic E-state index is -1.03. The molecule has 5 aliphatic rings. The van der Waals surface area contributed by atoms with Crippen LogP contribution in [0.3, 0.4) is 0 Å². The number of Topliss-reactive ketones (excluding diaryl/α,β-unsaturated/α-hetero) is 1. The van der Waals surface area contributed by atoms with Crippen molar-refractivity contribution in [2.45, 2.75) is 48.8 Å². The van der Waals surface area contributed by atoms with Gasteiger partial charge >= 0.3 is 5.97 Å². The number of esters is 1. The number of nitrogens with zero attached hydrogens (tertiary/aromatic N) is 1. The average Bonchev–Trinajstić information content (AvgIpc) is 3.21. The molecule has 0 aromatic heterocycles. The Bertz CT molecular complexity index is 949. The fraction of sp³-hybridized carbons (Fsp3) is 0.636. The number of piperidine rings is 1. The monoisotopic (exact) mass is 398 g/mol. The van der Waals surface area contributed by atoms with Crippen LogP contribution in [0, 0.1) is 11.3 Å². The van der Waals surface area contributed by atoms with E-state index in [1.54, 1.807) is 7.11 Å². The van der Waals surface area contributed by atoms with Crippen LogP contribution in [0.15, 0.2) is 18.2 Å². The number of carbonyl (C=O) groups excluding carboxylic acids is 2. The molecule has 2 aliphatic carbocycles. The number of fused-ring (bicyclic) bond motifs is 1. The van der Waals surface area contributed by atoms with Gasteiger partial charge in [-0.3, -0.25) is 9.69 Å². The lowest BCUT2D eigenvalue weighted by molar-refractivity contribution is -0.178. The lowest BCUT2D eigenvalue weighted by atomic mass is 9.41. The van der Waals surface area contributed by atoms with E-state index in [1.165, 1.54) is 7.11 Å². The Morgan fingerprint density at radius 2 is 2.14 bits per heavy atom. The Kier molecular flexibility index (Phi) is 3.25. The molecule has 6 unspecified atom stereocenters. The van der Waals surface area contributed by atoms with Crippen molar-refractivity contribution in [1.29, 1.82) is 0 Å². The van der Waals surface area contributed by atoms with E-state index in [-0.39, 0.29) is 23.7 Å². The van der Waals surface area contributed by atoms with Gasteiger partial charge in [-0.25, -0.2) is 4.79 Å². The lowest BCUT2D eigenvalue weighted by Crippen LogP contribution is -2.78. The van der Waals surface area contributed by atoms with Crippen LogP contribution < -0.4 is 10.1 Å². The number of hydrogen-bond acceptors (Lipinski definition) is 7. The first-order valence-electron chi connectivity index (χ1n) is 10.4. The molecule has 2 saturated carbocycles. The van der Waals surface area contributed by atoms with Crippen LogP contribution in [0.4, 0.5) is 5.69 Å². The van der Waals surface area contributed by atoms with Gasteiger partial charge in [-0.15, -0.1) is 0 Å². The second kappa shape index (κ2) is 5.32. The summed E-state index contributed by atoms with van der Waals surface area (Å²) in [5.74, 6) is 0.203. The minimum Gasteiger partial charge on any atom is -0.495 e. The first-order chi connectivity index (χ1) is 14.0. The van der Waals surface area contributed by atoms with Crippen molar-refractivity contribution in [3.05, 3.63) is 23.8 Å². The Hall–Kier alpha value is -2.12. The molecular weight excluding hydrogens is 372 g/mol. The van der Waals surface area contributed by atoms with Gasteiger partial charge in [0, 0.05) is 36.9 Å². The summed E-state index contributed by atoms with van der Waals surface area (Å²) in [4.78, 5) is 29.4. The van der Waals surface area contributed by atoms with Gasteiger partial charge < -0.3 is 19.9 Å². The number of methoxy groups -OCH3 is 2. The number of carbonyl (C=O) groups is 2. The SMILES string of the molecule is COC(=O)C12CCC34CC(=O)C5CN(CCC3O)C4C51c1cccc(OC)c1N2. The van der Waals surface area contributed by atoms with E-state index in [1.807, 2.05) is 18.2 Å². The number of benzene rings is 1. The normalized spacial score (nSPS) is 44.0. The number of para-hydroxylation sites is 1. The number of aliphatic hydroxyl groups excluding tert-OH is 1. The molecule has 3 aliphatic heterocycles. The second-order valence-electron chi connectivity index (χ2n) is 9.40. The van der Waals surface area contributed by atoms with Crippen molar-refractivity contribution in [3.8, 4) is 5.75 Å². The topological polar surface area (TPSA) is 88.1 Å². The Labute approximate surface area is 169 Å². The number of rotatable bonds is 2. The van der Waals surface area contributed by atoms with Crippen molar-refractivity contribution in [3.63, 3.8) is 0 Å². The van der Waals surface area contributed by atoms with Gasteiger partial charge in [-0.2, -0.15) is 0 Å². The summed E-state index contributed by atoms with van der Waals surface area (Å²) in [6.45, 7) is 1.38. The average molecular weight is 398 g/mol. The first-order valence-corrected chi connectivity index (χ1v) is 10.4. The van der Waals surface area contributed by atoms with Gasteiger partial charge in [0.1, 0.15) is 17.1 Å². The highest BCUT2D eigenvalue weighted by atomic mass is 16.5. The molecule has 3 heterocycles. The molecule has 7 heteroatoms. The maximum Gasteiger partial charge on any atom is 0.332 e. The van der Waals surface area contributed by atoms with Crippen LogP contribution in [-0.2, 0) is 19.7 Å². The van der Waals surface area contributed by atoms with E-state index in [0.717, 1.165) is 17.8 Å². The van der Waals surface area contributed by atoms with Gasteiger partial charge in [-0.05, 0) is 30.9 Å². The van der Waals surface area contributed by atoms with Gasteiger partial charge in [0.2, 0.25) is 0 Å². The van der Waals surface area contributed by atoms with Gasteiger partial charge in [0.15, 0.2) is 0 Å². The van der Waals surface area contributed by atoms with Crippen LogP contribution in [0.25, 0.3) is 0 Å². The van der Waals surface area contributed by atoms with Crippen LogP contribution in [-0.4, -0.2) is 66.8 Å². The predicted molar refractivity (Wildman–Crippen MR) is 104 cm³/mol. The molecule has 6 atom stereocenters. The Morgan fingerprint density at radius 3 is 2.90 bits per heavy atom. The smallest absolute Gasteiger partial charge is 0.332 e. The van der Waals surface area contributed by atoms with Crippen LogP contribution in [0.2, 0.25) is 0 Å². The van der Waals surface area contributed by atoms with Crippen molar-refractivity contribution in [2.75, 3.05) is 32.6 Å². The minimum absolute atomic E-state index is 0.0739. The molecule has 1 spiro atoms. The first kappa shape index (κ1) is 17.7. The third-order valence-electron chi connectivity index (χ3n) is 8.79. The zero-order valence-electron chi connectivity index (χ0n) is 16.7. The molecule has 2 N–H and O–H groups in total. The van der Waals surface area contributed by atoms with Crippen LogP contribution >= 0.6 is 0 Å². The zero-order chi connectivity index (χ0) is 20.2. The number of ether oxygens (including phenoxy) is 2. The fourth-order valence-electron chi connectivity index (χ4n) is 7.94. The Morgan fingerprint density at radius 1 is 1.31 bits per heavy atom. The number of ketones is 1. The summed E-state index contributed by atoms with van der Waals surface area (Å²) in [6.07, 6.45) is 1.69. The zero-order valence-corrected chi connectivity index (χ0v) is 16.7. The van der Waals surface area contributed by atoms with E-state index in [0.29, 0.717) is 38.0 Å². The van der Waals surface area contributed by atoms with E-state index in [9.17, 15) is 14.7 Å². The standard InChI is InChI=1S/C22H26N2O5/c1-28-15-5-3-4-12-17(15)23-21(19(27)29-2)8-7-20-10-14(25)13-11-24(9-6-16(20)26)18(20)22(12,13)21/h3-5,13,16,18,23,26H,6-11H2,1-2H3. The van der Waals surface area contributed by atoms with Crippen molar-refractivity contribution >= 4 is 17.4 Å². The molecule has 4 fully saturated rings. The Balaban J connectivity index is 1.72. The number of nitrogens with one attached hydrogen (secondary N) is 1. The maximum absolute atomic E-state index is 13.6.